The van der Waals surface area contributed by atoms with Crippen LogP contribution in [0.3, 0.4) is 0 Å². The molecule has 0 bridgehead atoms. The average Bonchev–Trinajstić information content (AvgIpc) is 3.13. The van der Waals surface area contributed by atoms with E-state index in [1.165, 1.54) is 0 Å². The van der Waals surface area contributed by atoms with Crippen molar-refractivity contribution < 1.29 is 14.1 Å². The second-order valence-electron chi connectivity index (χ2n) is 6.37. The van der Waals surface area contributed by atoms with E-state index >= 15 is 0 Å². The minimum Gasteiger partial charge on any atom is -0.491 e. The number of aromatic nitrogens is 1. The molecule has 1 N–H and O–H groups in total. The number of hydrogen-bond donors (Lipinski definition) is 1. The molecule has 5 nitrogen and oxygen atoms in total. The van der Waals surface area contributed by atoms with Gasteiger partial charge in [0.1, 0.15) is 5.75 Å². The van der Waals surface area contributed by atoms with Crippen LogP contribution in [0.25, 0.3) is 11.3 Å². The number of rotatable bonds is 6. The van der Waals surface area contributed by atoms with Gasteiger partial charge in [-0.05, 0) is 50.6 Å². The molecular formula is C21H22N2O3. The van der Waals surface area contributed by atoms with Gasteiger partial charge < -0.3 is 14.6 Å². The summed E-state index contributed by atoms with van der Waals surface area (Å²) in [4.78, 5) is 12.4. The first-order valence-electron chi connectivity index (χ1n) is 8.62. The van der Waals surface area contributed by atoms with Crippen molar-refractivity contribution in [3.8, 4) is 17.1 Å². The third-order valence-corrected chi connectivity index (χ3v) is 3.90. The molecule has 0 fully saturated rings. The molecule has 1 aromatic heterocycles. The van der Waals surface area contributed by atoms with Crippen LogP contribution in [0.1, 0.15) is 42.9 Å². The first-order valence-corrected chi connectivity index (χ1v) is 8.62. The van der Waals surface area contributed by atoms with Crippen LogP contribution in [0.15, 0.2) is 65.2 Å². The fourth-order valence-corrected chi connectivity index (χ4v) is 2.58. The van der Waals surface area contributed by atoms with E-state index in [0.717, 1.165) is 16.9 Å². The maximum Gasteiger partial charge on any atom is 0.273 e. The van der Waals surface area contributed by atoms with Gasteiger partial charge in [0.05, 0.1) is 12.1 Å². The first-order chi connectivity index (χ1) is 12.5. The minimum atomic E-state index is -0.267. The zero-order chi connectivity index (χ0) is 18.5. The monoisotopic (exact) mass is 350 g/mol. The van der Waals surface area contributed by atoms with E-state index in [1.807, 2.05) is 75.4 Å². The summed E-state index contributed by atoms with van der Waals surface area (Å²) in [5.74, 6) is 1.06. The van der Waals surface area contributed by atoms with Crippen molar-refractivity contribution in [2.75, 3.05) is 0 Å². The Kier molecular flexibility index (Phi) is 5.37. The van der Waals surface area contributed by atoms with Crippen molar-refractivity contribution in [3.63, 3.8) is 0 Å². The predicted molar refractivity (Wildman–Crippen MR) is 100 cm³/mol. The van der Waals surface area contributed by atoms with E-state index in [0.29, 0.717) is 5.76 Å². The first kappa shape index (κ1) is 17.7. The van der Waals surface area contributed by atoms with Gasteiger partial charge in [0.15, 0.2) is 11.5 Å². The molecule has 1 atom stereocenters. The van der Waals surface area contributed by atoms with Crippen LogP contribution >= 0.6 is 0 Å². The van der Waals surface area contributed by atoms with Gasteiger partial charge in [-0.2, -0.15) is 0 Å². The van der Waals surface area contributed by atoms with Crippen LogP contribution in [0.4, 0.5) is 0 Å². The third-order valence-electron chi connectivity index (χ3n) is 3.90. The van der Waals surface area contributed by atoms with Crippen LogP contribution in [0.5, 0.6) is 5.75 Å². The Balaban J connectivity index is 1.68. The second-order valence-corrected chi connectivity index (χ2v) is 6.37. The van der Waals surface area contributed by atoms with E-state index in [-0.39, 0.29) is 23.7 Å². The summed E-state index contributed by atoms with van der Waals surface area (Å²) in [6.45, 7) is 5.89. The number of nitrogens with zero attached hydrogens (tertiary/aromatic N) is 1. The topological polar surface area (TPSA) is 64.4 Å². The molecule has 3 aromatic rings. The summed E-state index contributed by atoms with van der Waals surface area (Å²) in [7, 11) is 0. The molecule has 0 saturated carbocycles. The number of carbonyl (C=O) groups excluding carboxylic acids is 1. The number of ether oxygens (including phenoxy) is 1. The van der Waals surface area contributed by atoms with Gasteiger partial charge in [-0.15, -0.1) is 0 Å². The lowest BCUT2D eigenvalue weighted by Gasteiger charge is -2.12. The van der Waals surface area contributed by atoms with Gasteiger partial charge in [-0.1, -0.05) is 35.5 Å². The molecule has 26 heavy (non-hydrogen) atoms. The normalized spacial score (nSPS) is 12.0. The molecule has 5 heteroatoms. The highest BCUT2D eigenvalue weighted by atomic mass is 16.5. The number of amides is 1. The minimum absolute atomic E-state index is 0.115. The summed E-state index contributed by atoms with van der Waals surface area (Å²) in [6, 6.07) is 18.8. The molecule has 2 aromatic carbocycles. The number of carbonyl (C=O) groups is 1. The van der Waals surface area contributed by atoms with Gasteiger partial charge >= 0.3 is 0 Å². The number of hydrogen-bond acceptors (Lipinski definition) is 4. The van der Waals surface area contributed by atoms with Gasteiger partial charge in [-0.25, -0.2) is 0 Å². The largest absolute Gasteiger partial charge is 0.491 e. The Labute approximate surface area is 153 Å². The standard InChI is InChI=1S/C21H22N2O3/c1-14(2)25-18-11-9-17(10-12-18)20-13-19(23-26-20)21(24)22-15(3)16-7-5-4-6-8-16/h4-15H,1-3H3,(H,22,24)/t15-/m1/s1. The summed E-state index contributed by atoms with van der Waals surface area (Å²) in [6.07, 6.45) is 0.119. The Morgan fingerprint density at radius 2 is 1.73 bits per heavy atom. The lowest BCUT2D eigenvalue weighted by atomic mass is 10.1. The fourth-order valence-electron chi connectivity index (χ4n) is 2.58. The summed E-state index contributed by atoms with van der Waals surface area (Å²) in [5, 5.41) is 6.82. The summed E-state index contributed by atoms with van der Waals surface area (Å²) in [5.41, 5.74) is 2.12. The average molecular weight is 350 g/mol. The highest BCUT2D eigenvalue weighted by Gasteiger charge is 2.16. The summed E-state index contributed by atoms with van der Waals surface area (Å²) < 4.78 is 11.0. The zero-order valence-corrected chi connectivity index (χ0v) is 15.1. The van der Waals surface area contributed by atoms with Crippen molar-refractivity contribution >= 4 is 5.91 Å². The van der Waals surface area contributed by atoms with Crippen molar-refractivity contribution in [2.24, 2.45) is 0 Å². The smallest absolute Gasteiger partial charge is 0.273 e. The van der Waals surface area contributed by atoms with Crippen molar-refractivity contribution in [1.82, 2.24) is 10.5 Å². The van der Waals surface area contributed by atoms with Gasteiger partial charge in [0.2, 0.25) is 0 Å². The molecule has 0 spiro atoms. The highest BCUT2D eigenvalue weighted by molar-refractivity contribution is 5.93. The fraction of sp³-hybridized carbons (Fsp3) is 0.238. The summed E-state index contributed by atoms with van der Waals surface area (Å²) >= 11 is 0. The molecule has 3 rings (SSSR count). The van der Waals surface area contributed by atoms with Gasteiger partial charge in [0.25, 0.3) is 5.91 Å². The molecule has 1 amide bonds. The molecule has 0 aliphatic rings. The zero-order valence-electron chi connectivity index (χ0n) is 15.1. The second kappa shape index (κ2) is 7.87. The van der Waals surface area contributed by atoms with Crippen LogP contribution in [-0.2, 0) is 0 Å². The predicted octanol–water partition coefficient (Wildman–Crippen LogP) is 4.62. The molecule has 0 aliphatic heterocycles. The van der Waals surface area contributed by atoms with E-state index in [2.05, 4.69) is 10.5 Å². The molecule has 1 heterocycles. The van der Waals surface area contributed by atoms with Crippen LogP contribution in [-0.4, -0.2) is 17.2 Å². The maximum absolute atomic E-state index is 12.4. The Morgan fingerprint density at radius 3 is 2.38 bits per heavy atom. The lowest BCUT2D eigenvalue weighted by molar-refractivity contribution is 0.0931. The molecule has 0 aliphatic carbocycles. The molecule has 0 radical (unpaired) electrons. The lowest BCUT2D eigenvalue weighted by Crippen LogP contribution is -2.26. The Bertz CT molecular complexity index is 854. The van der Waals surface area contributed by atoms with Crippen molar-refractivity contribution in [2.45, 2.75) is 32.9 Å². The van der Waals surface area contributed by atoms with E-state index in [4.69, 9.17) is 9.26 Å². The molecule has 0 unspecified atom stereocenters. The van der Waals surface area contributed by atoms with Gasteiger partial charge in [-0.3, -0.25) is 4.79 Å². The van der Waals surface area contributed by atoms with Crippen LogP contribution in [0.2, 0.25) is 0 Å². The third kappa shape index (κ3) is 4.30. The molecule has 0 saturated heterocycles. The van der Waals surface area contributed by atoms with Crippen molar-refractivity contribution in [3.05, 3.63) is 71.9 Å². The molecular weight excluding hydrogens is 328 g/mol. The van der Waals surface area contributed by atoms with E-state index in [1.54, 1.807) is 6.07 Å². The quantitative estimate of drug-likeness (QED) is 0.704. The molecule has 134 valence electrons. The number of benzene rings is 2. The van der Waals surface area contributed by atoms with Crippen LogP contribution < -0.4 is 10.1 Å². The van der Waals surface area contributed by atoms with E-state index in [9.17, 15) is 4.79 Å². The maximum atomic E-state index is 12.4. The van der Waals surface area contributed by atoms with Gasteiger partial charge in [0, 0.05) is 11.6 Å². The van der Waals surface area contributed by atoms with E-state index < -0.39 is 0 Å². The van der Waals surface area contributed by atoms with Crippen LogP contribution in [0, 0.1) is 0 Å². The number of nitrogens with one attached hydrogen (secondary N) is 1. The Hall–Kier alpha value is -3.08. The van der Waals surface area contributed by atoms with Crippen molar-refractivity contribution in [1.29, 1.82) is 0 Å². The highest BCUT2D eigenvalue weighted by Crippen LogP contribution is 2.24. The SMILES string of the molecule is CC(C)Oc1ccc(-c2cc(C(=O)N[C@H](C)c3ccccc3)no2)cc1. The Morgan fingerprint density at radius 1 is 1.04 bits per heavy atom.